The summed E-state index contributed by atoms with van der Waals surface area (Å²) in [5.41, 5.74) is 2.12. The predicted octanol–water partition coefficient (Wildman–Crippen LogP) is 11.7. The second-order valence-electron chi connectivity index (χ2n) is 20.8. The molecular weight excluding hydrogens is 725 g/mol. The van der Waals surface area contributed by atoms with Crippen LogP contribution in [0, 0.1) is 52.3 Å². The third-order valence-corrected chi connectivity index (χ3v) is 16.8. The van der Waals surface area contributed by atoms with Crippen molar-refractivity contribution >= 4 is 5.97 Å². The monoisotopic (exact) mass is 813 g/mol. The molecule has 7 nitrogen and oxygen atoms in total. The highest BCUT2D eigenvalue weighted by molar-refractivity contribution is 5.69. The number of fused-ring (bicyclic) bond motifs is 5. The highest BCUT2D eigenvalue weighted by Crippen LogP contribution is 2.67. The Morgan fingerprint density at radius 1 is 0.845 bits per heavy atom. The number of hydrogen-bond donors (Lipinski definition) is 3. The van der Waals surface area contributed by atoms with Crippen molar-refractivity contribution in [1.29, 1.82) is 0 Å². The minimum atomic E-state index is -1.44. The Hall–Kier alpha value is -1.25. The van der Waals surface area contributed by atoms with E-state index in [0.29, 0.717) is 17.8 Å². The van der Waals surface area contributed by atoms with Crippen LogP contribution in [0.5, 0.6) is 0 Å². The number of aliphatic hydroxyl groups excluding tert-OH is 3. The number of carbonyl (C=O) groups is 1. The molecule has 0 aromatic carbocycles. The highest BCUT2D eigenvalue weighted by Gasteiger charge is 2.59. The van der Waals surface area contributed by atoms with Gasteiger partial charge in [-0.2, -0.15) is 0 Å². The molecule has 0 amide bonds. The van der Waals surface area contributed by atoms with Crippen LogP contribution in [0.4, 0.5) is 0 Å². The van der Waals surface area contributed by atoms with Gasteiger partial charge in [0.25, 0.3) is 0 Å². The number of aliphatic hydroxyl groups is 3. The number of allylic oxidation sites excluding steroid dienone is 3. The normalized spacial score (nSPS) is 37.3. The number of hydrogen-bond acceptors (Lipinski definition) is 7. The van der Waals surface area contributed by atoms with E-state index in [1.165, 1.54) is 89.0 Å². The van der Waals surface area contributed by atoms with E-state index in [-0.39, 0.29) is 24.1 Å². The molecule has 5 rings (SSSR count). The van der Waals surface area contributed by atoms with Crippen molar-refractivity contribution in [3.8, 4) is 0 Å². The highest BCUT2D eigenvalue weighted by atomic mass is 16.7. The smallest absolute Gasteiger partial charge is 0.305 e. The van der Waals surface area contributed by atoms with Crippen molar-refractivity contribution < 1.29 is 34.3 Å². The lowest BCUT2D eigenvalue weighted by Gasteiger charge is -2.58. The Morgan fingerprint density at radius 3 is 2.26 bits per heavy atom. The van der Waals surface area contributed by atoms with E-state index in [2.05, 4.69) is 66.7 Å². The summed E-state index contributed by atoms with van der Waals surface area (Å²) in [7, 11) is 0. The Bertz CT molecular complexity index is 1300. The lowest BCUT2D eigenvalue weighted by molar-refractivity contribution is -0.313. The van der Waals surface area contributed by atoms with Crippen molar-refractivity contribution in [1.82, 2.24) is 0 Å². The van der Waals surface area contributed by atoms with E-state index in [1.807, 2.05) is 0 Å². The van der Waals surface area contributed by atoms with Gasteiger partial charge in [-0.15, -0.1) is 0 Å². The van der Waals surface area contributed by atoms with E-state index in [1.54, 1.807) is 0 Å². The summed E-state index contributed by atoms with van der Waals surface area (Å²) in [5.74, 6) is 5.21. The molecule has 14 atom stereocenters. The number of unbranched alkanes of at least 4 members (excludes halogenated alkanes) is 9. The molecule has 4 aliphatic carbocycles. The quantitative estimate of drug-likeness (QED) is 0.0536. The van der Waals surface area contributed by atoms with Crippen molar-refractivity contribution in [2.45, 2.75) is 233 Å². The van der Waals surface area contributed by atoms with Crippen molar-refractivity contribution in [2.75, 3.05) is 6.61 Å². The molecule has 334 valence electrons. The summed E-state index contributed by atoms with van der Waals surface area (Å²) in [4.78, 5) is 12.6. The first-order valence-corrected chi connectivity index (χ1v) is 24.7. The van der Waals surface area contributed by atoms with Gasteiger partial charge in [0, 0.05) is 6.42 Å². The van der Waals surface area contributed by atoms with Crippen molar-refractivity contribution in [3.05, 3.63) is 23.8 Å². The second-order valence-corrected chi connectivity index (χ2v) is 20.8. The fourth-order valence-corrected chi connectivity index (χ4v) is 13.0. The zero-order chi connectivity index (χ0) is 41.9. The first-order valence-electron chi connectivity index (χ1n) is 24.7. The van der Waals surface area contributed by atoms with Crippen LogP contribution in [0.1, 0.15) is 196 Å². The molecule has 0 bridgehead atoms. The van der Waals surface area contributed by atoms with Gasteiger partial charge in [0.05, 0.1) is 6.10 Å². The molecule has 1 saturated heterocycles. The van der Waals surface area contributed by atoms with Crippen LogP contribution < -0.4 is 0 Å². The maximum absolute atomic E-state index is 12.6. The molecule has 5 aliphatic rings. The van der Waals surface area contributed by atoms with Crippen LogP contribution >= 0.6 is 0 Å². The molecule has 7 heteroatoms. The summed E-state index contributed by atoms with van der Waals surface area (Å²) >= 11 is 0. The Labute approximate surface area is 354 Å². The summed E-state index contributed by atoms with van der Waals surface area (Å²) in [6.45, 7) is 17.0. The average molecular weight is 813 g/mol. The topological polar surface area (TPSA) is 105 Å². The van der Waals surface area contributed by atoms with Crippen LogP contribution in [0.3, 0.4) is 0 Å². The number of ether oxygens (including phenoxy) is 3. The molecule has 14 unspecified atom stereocenters. The van der Waals surface area contributed by atoms with E-state index < -0.39 is 30.7 Å². The molecule has 0 radical (unpaired) electrons. The molecular formula is C51H88O7. The van der Waals surface area contributed by atoms with Gasteiger partial charge in [-0.25, -0.2) is 0 Å². The van der Waals surface area contributed by atoms with Crippen LogP contribution in [-0.4, -0.2) is 64.7 Å². The lowest BCUT2D eigenvalue weighted by Crippen LogP contribution is -2.60. The zero-order valence-corrected chi connectivity index (χ0v) is 38.2. The minimum absolute atomic E-state index is 0.143. The molecule has 3 saturated carbocycles. The maximum atomic E-state index is 12.6. The van der Waals surface area contributed by atoms with Crippen LogP contribution in [-0.2, 0) is 19.0 Å². The molecule has 0 aromatic rings. The predicted molar refractivity (Wildman–Crippen MR) is 235 cm³/mol. The molecule has 0 aromatic heterocycles. The third kappa shape index (κ3) is 11.8. The van der Waals surface area contributed by atoms with Gasteiger partial charge in [0.2, 0.25) is 0 Å². The Morgan fingerprint density at radius 2 is 1.55 bits per heavy atom. The van der Waals surface area contributed by atoms with Gasteiger partial charge < -0.3 is 29.5 Å². The molecule has 0 spiro atoms. The third-order valence-electron chi connectivity index (χ3n) is 16.8. The van der Waals surface area contributed by atoms with E-state index >= 15 is 0 Å². The van der Waals surface area contributed by atoms with E-state index in [9.17, 15) is 20.1 Å². The number of carbonyl (C=O) groups excluding carboxylic acids is 1. The average Bonchev–Trinajstić information content (AvgIpc) is 3.56. The maximum Gasteiger partial charge on any atom is 0.305 e. The van der Waals surface area contributed by atoms with Crippen LogP contribution in [0.2, 0.25) is 0 Å². The second kappa shape index (κ2) is 22.7. The fourth-order valence-electron chi connectivity index (χ4n) is 13.0. The first kappa shape index (κ1) is 47.8. The molecule has 3 N–H and O–H groups in total. The largest absolute Gasteiger partial charge is 0.463 e. The van der Waals surface area contributed by atoms with Gasteiger partial charge in [0.1, 0.15) is 31.0 Å². The van der Waals surface area contributed by atoms with Crippen LogP contribution in [0.15, 0.2) is 23.8 Å². The fraction of sp³-hybridized carbons (Fsp3) is 0.902. The number of rotatable bonds is 23. The summed E-state index contributed by atoms with van der Waals surface area (Å²) < 4.78 is 18.0. The zero-order valence-electron chi connectivity index (χ0n) is 38.2. The molecule has 1 aliphatic heterocycles. The van der Waals surface area contributed by atoms with Gasteiger partial charge in [0.15, 0.2) is 6.29 Å². The Balaban J connectivity index is 1.05. The van der Waals surface area contributed by atoms with Gasteiger partial charge in [-0.05, 0) is 142 Å². The van der Waals surface area contributed by atoms with Gasteiger partial charge >= 0.3 is 5.97 Å². The SMILES string of the molecule is CCCCCC/C=C\CCCCCCCC(=O)OCC1OC(OC2CCC3(C)C(=CCC4C3CCC3(C)C(C(C)CCC(CC)C(C)C)CCC43)C2)C(O)C(O)C1O. The van der Waals surface area contributed by atoms with Crippen LogP contribution in [0.25, 0.3) is 0 Å². The van der Waals surface area contributed by atoms with Crippen molar-refractivity contribution in [2.24, 2.45) is 52.3 Å². The van der Waals surface area contributed by atoms with Gasteiger partial charge in [-0.1, -0.05) is 124 Å². The first-order chi connectivity index (χ1) is 27.8. The standard InChI is InChI=1S/C51H88O7/c1-8-10-11-12-13-14-15-16-17-18-19-20-21-22-45(52)56-34-44-46(53)47(54)48(55)49(58-44)57-39-29-31-50(6)38(33-39)25-26-40-42-28-27-41(51(42,7)32-30-43(40)50)36(5)23-24-37(9-2)35(3)4/h14-15,25,35-37,39-44,46-49,53-55H,8-13,16-24,26-34H2,1-7H3/b15-14-. The molecule has 4 fully saturated rings. The van der Waals surface area contributed by atoms with E-state index in [0.717, 1.165) is 93.3 Å². The lowest BCUT2D eigenvalue weighted by atomic mass is 9.47. The molecule has 58 heavy (non-hydrogen) atoms. The number of esters is 1. The van der Waals surface area contributed by atoms with Crippen molar-refractivity contribution in [3.63, 3.8) is 0 Å². The Kier molecular flexibility index (Phi) is 18.7. The van der Waals surface area contributed by atoms with Gasteiger partial charge in [-0.3, -0.25) is 4.79 Å². The summed E-state index contributed by atoms with van der Waals surface area (Å²) in [5, 5.41) is 32.5. The van der Waals surface area contributed by atoms with E-state index in [4.69, 9.17) is 14.2 Å². The minimum Gasteiger partial charge on any atom is -0.463 e. The molecule has 1 heterocycles. The summed E-state index contributed by atoms with van der Waals surface area (Å²) in [6, 6.07) is 0. The summed E-state index contributed by atoms with van der Waals surface area (Å²) in [6.07, 6.45) is 27.2.